The van der Waals surface area contributed by atoms with E-state index in [4.69, 9.17) is 10.5 Å². The molecule has 0 radical (unpaired) electrons. The summed E-state index contributed by atoms with van der Waals surface area (Å²) in [5.41, 5.74) is 6.94. The van der Waals surface area contributed by atoms with Crippen LogP contribution in [0.25, 0.3) is 0 Å². The number of amides is 1. The number of halogens is 1. The Kier molecular flexibility index (Phi) is 7.75. The van der Waals surface area contributed by atoms with Crippen molar-refractivity contribution >= 4 is 39.0 Å². The normalized spacial score (nSPS) is 18.6. The Bertz CT molecular complexity index is 939. The molecule has 2 aliphatic rings. The lowest BCUT2D eigenvalue weighted by Gasteiger charge is -2.37. The lowest BCUT2D eigenvalue weighted by molar-refractivity contribution is -0.139. The fourth-order valence-corrected chi connectivity index (χ4v) is 5.95. The van der Waals surface area contributed by atoms with E-state index in [0.29, 0.717) is 18.9 Å². The second kappa shape index (κ2) is 10.7. The van der Waals surface area contributed by atoms with E-state index >= 15 is 0 Å². The van der Waals surface area contributed by atoms with Gasteiger partial charge in [-0.2, -0.15) is 4.91 Å². The van der Waals surface area contributed by atoms with Crippen molar-refractivity contribution in [2.45, 2.75) is 44.9 Å². The Morgan fingerprint density at radius 2 is 2.00 bits per heavy atom. The van der Waals surface area contributed by atoms with E-state index < -0.39 is 0 Å². The van der Waals surface area contributed by atoms with Gasteiger partial charge in [0.15, 0.2) is 0 Å². The highest BCUT2D eigenvalue weighted by atomic mass is 79.9. The van der Waals surface area contributed by atoms with Gasteiger partial charge >= 0.3 is 0 Å². The van der Waals surface area contributed by atoms with Crippen LogP contribution >= 0.6 is 27.3 Å². The molecule has 1 amide bonds. The van der Waals surface area contributed by atoms with Gasteiger partial charge in [0.25, 0.3) is 0 Å². The van der Waals surface area contributed by atoms with E-state index in [2.05, 4.69) is 31.0 Å². The summed E-state index contributed by atoms with van der Waals surface area (Å²) in [5.74, 6) is 1.65. The van der Waals surface area contributed by atoms with Crippen LogP contribution in [-0.2, 0) is 17.9 Å². The van der Waals surface area contributed by atoms with E-state index in [1.54, 1.807) is 6.20 Å². The van der Waals surface area contributed by atoms with Crippen molar-refractivity contribution in [1.29, 1.82) is 0 Å². The minimum Gasteiger partial charge on any atom is -0.488 e. The third-order valence-electron chi connectivity index (χ3n) is 6.21. The second-order valence-corrected chi connectivity index (χ2v) is 10.2. The average Bonchev–Trinajstić information content (AvgIpc) is 3.14. The van der Waals surface area contributed by atoms with Gasteiger partial charge in [0, 0.05) is 50.0 Å². The number of hydrogen-bond donors (Lipinski definition) is 1. The highest BCUT2D eigenvalue weighted by molar-refractivity contribution is 9.10. The largest absolute Gasteiger partial charge is 0.488 e. The molecule has 2 aliphatic heterocycles. The molecule has 2 aromatic heterocycles. The monoisotopic (exact) mass is 521 g/mol. The van der Waals surface area contributed by atoms with Crippen molar-refractivity contribution in [3.63, 3.8) is 0 Å². The first-order chi connectivity index (χ1) is 15.5. The predicted molar refractivity (Wildman–Crippen MR) is 128 cm³/mol. The molecule has 4 heterocycles. The number of nitrogens with two attached hydrogens (primary N) is 1. The highest BCUT2D eigenvalue weighted by Gasteiger charge is 2.32. The molecule has 0 aromatic carbocycles. The number of piperidine rings is 2. The first-order valence-electron chi connectivity index (χ1n) is 11.0. The quantitative estimate of drug-likeness (QED) is 0.551. The molecule has 4 rings (SSSR count). The number of nitrogen functional groups attached to an aromatic ring is 1. The van der Waals surface area contributed by atoms with Crippen LogP contribution in [0.15, 0.2) is 33.4 Å². The van der Waals surface area contributed by atoms with Crippen LogP contribution in [0.4, 0.5) is 5.82 Å². The van der Waals surface area contributed by atoms with Gasteiger partial charge in [-0.1, -0.05) is 5.18 Å². The minimum atomic E-state index is 0.0463. The van der Waals surface area contributed by atoms with Crippen molar-refractivity contribution < 1.29 is 9.53 Å². The summed E-state index contributed by atoms with van der Waals surface area (Å²) in [6, 6.07) is 3.91. The Balaban J connectivity index is 1.23. The van der Waals surface area contributed by atoms with Gasteiger partial charge < -0.3 is 15.4 Å². The van der Waals surface area contributed by atoms with E-state index in [-0.39, 0.29) is 24.5 Å². The summed E-state index contributed by atoms with van der Waals surface area (Å²) in [5, 5.41) is 4.91. The maximum atomic E-state index is 13.1. The number of nitrogens with zero attached hydrogens (tertiary/aromatic N) is 4. The van der Waals surface area contributed by atoms with E-state index in [1.807, 2.05) is 22.4 Å². The molecule has 2 fully saturated rings. The molecule has 8 nitrogen and oxygen atoms in total. The topological polar surface area (TPSA) is 101 Å². The maximum absolute atomic E-state index is 13.1. The van der Waals surface area contributed by atoms with Gasteiger partial charge in [-0.25, -0.2) is 4.98 Å². The Morgan fingerprint density at radius 3 is 2.69 bits per heavy atom. The molecule has 0 atom stereocenters. The van der Waals surface area contributed by atoms with Crippen molar-refractivity contribution in [3.8, 4) is 5.75 Å². The van der Waals surface area contributed by atoms with E-state index in [0.717, 1.165) is 66.0 Å². The minimum absolute atomic E-state index is 0.0463. The standard InChI is InChI=1S/C22H28BrN5O3S/c23-18-14-32-19(12-26-30)21(18)31-17-4-9-28(10-5-17)22(29)16-2-7-27(8-3-16)13-15-1-6-25-20(24)11-15/h1,6,11,14,16-17H,2-5,7-10,12-13H2,(H2,24,25). The summed E-state index contributed by atoms with van der Waals surface area (Å²) in [4.78, 5) is 33.0. The number of rotatable bonds is 7. The molecular weight excluding hydrogens is 494 g/mol. The molecule has 2 aromatic rings. The first-order valence-corrected chi connectivity index (χ1v) is 12.6. The second-order valence-electron chi connectivity index (χ2n) is 8.41. The number of hydrogen-bond acceptors (Lipinski definition) is 8. The Morgan fingerprint density at radius 1 is 1.25 bits per heavy atom. The zero-order valence-corrected chi connectivity index (χ0v) is 20.3. The predicted octanol–water partition coefficient (Wildman–Crippen LogP) is 4.04. The highest BCUT2D eigenvalue weighted by Crippen LogP contribution is 2.37. The lowest BCUT2D eigenvalue weighted by atomic mass is 9.94. The number of likely N-dealkylation sites (tertiary alicyclic amines) is 2. The average molecular weight is 522 g/mol. The van der Waals surface area contributed by atoms with Crippen LogP contribution in [0, 0.1) is 10.8 Å². The van der Waals surface area contributed by atoms with Gasteiger partial charge in [0.05, 0.1) is 9.35 Å². The van der Waals surface area contributed by atoms with Crippen molar-refractivity contribution in [3.05, 3.63) is 43.5 Å². The summed E-state index contributed by atoms with van der Waals surface area (Å²) in [6.07, 6.45) is 5.16. The molecule has 0 spiro atoms. The zero-order valence-electron chi connectivity index (χ0n) is 17.9. The summed E-state index contributed by atoms with van der Waals surface area (Å²) >= 11 is 4.97. The van der Waals surface area contributed by atoms with Crippen LogP contribution in [0.1, 0.15) is 36.1 Å². The molecule has 10 heteroatoms. The molecule has 2 N–H and O–H groups in total. The lowest BCUT2D eigenvalue weighted by Crippen LogP contribution is -2.47. The molecule has 172 valence electrons. The number of aromatic nitrogens is 1. The number of anilines is 1. The Labute approximate surface area is 200 Å². The van der Waals surface area contributed by atoms with E-state index in [9.17, 15) is 9.70 Å². The number of pyridine rings is 1. The van der Waals surface area contributed by atoms with Gasteiger partial charge in [-0.15, -0.1) is 11.3 Å². The number of thiophene rings is 1. The molecule has 0 bridgehead atoms. The summed E-state index contributed by atoms with van der Waals surface area (Å²) < 4.78 is 7.03. The van der Waals surface area contributed by atoms with Crippen LogP contribution in [0.3, 0.4) is 0 Å². The number of nitroso groups, excluding NO2 is 1. The molecular formula is C22H28BrN5O3S. The molecule has 0 saturated carbocycles. The van der Waals surface area contributed by atoms with Gasteiger partial charge in [0.2, 0.25) is 5.91 Å². The zero-order chi connectivity index (χ0) is 22.5. The number of carbonyl (C=O) groups excluding carboxylic acids is 1. The van der Waals surface area contributed by atoms with Crippen LogP contribution in [0.5, 0.6) is 5.75 Å². The van der Waals surface area contributed by atoms with Crippen molar-refractivity contribution in [2.24, 2.45) is 11.1 Å². The fraction of sp³-hybridized carbons (Fsp3) is 0.545. The van der Waals surface area contributed by atoms with Crippen LogP contribution in [-0.4, -0.2) is 53.0 Å². The summed E-state index contributed by atoms with van der Waals surface area (Å²) in [6.45, 7) is 4.22. The molecule has 0 unspecified atom stereocenters. The molecule has 32 heavy (non-hydrogen) atoms. The van der Waals surface area contributed by atoms with E-state index in [1.165, 1.54) is 11.3 Å². The smallest absolute Gasteiger partial charge is 0.225 e. The maximum Gasteiger partial charge on any atom is 0.225 e. The summed E-state index contributed by atoms with van der Waals surface area (Å²) in [7, 11) is 0. The third-order valence-corrected chi connectivity index (χ3v) is 8.05. The molecule has 2 saturated heterocycles. The van der Waals surface area contributed by atoms with Gasteiger partial charge in [-0.05, 0) is 59.6 Å². The van der Waals surface area contributed by atoms with Crippen molar-refractivity contribution in [2.75, 3.05) is 31.9 Å². The fourth-order valence-electron chi connectivity index (χ4n) is 4.46. The van der Waals surface area contributed by atoms with Crippen LogP contribution in [0.2, 0.25) is 0 Å². The van der Waals surface area contributed by atoms with Gasteiger partial charge in [0.1, 0.15) is 24.2 Å². The Hall–Kier alpha value is -2.04. The first kappa shape index (κ1) is 23.1. The SMILES string of the molecule is Nc1cc(CN2CCC(C(=O)N3CCC(Oc4c(Br)csc4CN=O)CC3)CC2)ccn1. The third kappa shape index (κ3) is 5.65. The van der Waals surface area contributed by atoms with Gasteiger partial charge in [-0.3, -0.25) is 9.69 Å². The number of ether oxygens (including phenoxy) is 1. The molecule has 0 aliphatic carbocycles. The van der Waals surface area contributed by atoms with Crippen molar-refractivity contribution in [1.82, 2.24) is 14.8 Å². The van der Waals surface area contributed by atoms with Crippen LogP contribution < -0.4 is 10.5 Å². The number of carbonyl (C=O) groups is 1.